The number of aliphatic hydroxyl groups excluding tert-OH is 1. The summed E-state index contributed by atoms with van der Waals surface area (Å²) in [4.78, 5) is 38.8. The van der Waals surface area contributed by atoms with Gasteiger partial charge >= 0.3 is 0 Å². The summed E-state index contributed by atoms with van der Waals surface area (Å²) >= 11 is 0. The summed E-state index contributed by atoms with van der Waals surface area (Å²) in [7, 11) is -2.79. The monoisotopic (exact) mass is 561 g/mol. The van der Waals surface area contributed by atoms with Gasteiger partial charge in [0, 0.05) is 54.1 Å². The van der Waals surface area contributed by atoms with Gasteiger partial charge in [-0.2, -0.15) is 0 Å². The van der Waals surface area contributed by atoms with Crippen LogP contribution in [0.3, 0.4) is 0 Å². The second-order valence-corrected chi connectivity index (χ2v) is 15.7. The fourth-order valence-electron chi connectivity index (χ4n) is 6.81. The van der Waals surface area contributed by atoms with Crippen LogP contribution in [0, 0.1) is 5.92 Å². The Morgan fingerprint density at radius 3 is 2.62 bits per heavy atom. The molecule has 11 heteroatoms. The average Bonchev–Trinajstić information content (AvgIpc) is 3.58. The molecule has 4 heterocycles. The zero-order valence-corrected chi connectivity index (χ0v) is 23.9. The molecule has 3 N–H and O–H groups in total. The first-order valence-electron chi connectivity index (χ1n) is 13.9. The Bertz CT molecular complexity index is 1440. The molecule has 0 aliphatic carbocycles. The van der Waals surface area contributed by atoms with Crippen LogP contribution in [0.5, 0.6) is 0 Å². The number of aliphatic hydroxyl groups is 1. The van der Waals surface area contributed by atoms with Gasteiger partial charge in [0.15, 0.2) is 13.9 Å². The number of hydrogen-bond donors (Lipinski definition) is 3. The van der Waals surface area contributed by atoms with Gasteiger partial charge in [-0.1, -0.05) is 42.5 Å². The summed E-state index contributed by atoms with van der Waals surface area (Å²) in [5.41, 5.74) is 2.35. The number of nitrogens with one attached hydrogen (secondary N) is 1. The number of carbonyl (C=O) groups excluding carboxylic acids is 2. The Balaban J connectivity index is 1.27. The SMILES string of the molecule is C[C@H]1[C@H]([Si](C)(C)O)[C@@H](CCn2cc(C(CO)c3ccccc3)nn2)O[C@]12C(=O)Nc1ccc(N3CCC3=O)cc12. The maximum atomic E-state index is 13.6. The van der Waals surface area contributed by atoms with Crippen LogP contribution in [0.15, 0.2) is 54.7 Å². The third-order valence-corrected chi connectivity index (χ3v) is 11.3. The van der Waals surface area contributed by atoms with E-state index >= 15 is 0 Å². The number of amides is 2. The first-order valence-corrected chi connectivity index (χ1v) is 16.9. The van der Waals surface area contributed by atoms with Crippen molar-refractivity contribution < 1.29 is 24.2 Å². The number of rotatable bonds is 8. The molecular formula is C29H35N5O5Si. The Kier molecular flexibility index (Phi) is 6.65. The zero-order chi connectivity index (χ0) is 28.2. The van der Waals surface area contributed by atoms with Gasteiger partial charge in [0.05, 0.1) is 24.3 Å². The number of carbonyl (C=O) groups is 2. The number of ether oxygens (including phenoxy) is 1. The number of β-lactam (4-membered cyclic amide) rings is 1. The van der Waals surface area contributed by atoms with Gasteiger partial charge in [-0.05, 0) is 43.3 Å². The van der Waals surface area contributed by atoms with Crippen molar-refractivity contribution in [2.45, 2.75) is 62.6 Å². The molecule has 1 aromatic heterocycles. The number of fused-ring (bicyclic) bond motifs is 2. The van der Waals surface area contributed by atoms with Gasteiger partial charge in [-0.3, -0.25) is 14.3 Å². The summed E-state index contributed by atoms with van der Waals surface area (Å²) in [5.74, 6) is -0.724. The minimum absolute atomic E-state index is 0.0641. The number of hydrogen-bond acceptors (Lipinski definition) is 7. The largest absolute Gasteiger partial charge is 0.432 e. The second-order valence-electron chi connectivity index (χ2n) is 11.7. The molecule has 1 spiro atoms. The molecule has 40 heavy (non-hydrogen) atoms. The van der Waals surface area contributed by atoms with Crippen molar-refractivity contribution in [3.63, 3.8) is 0 Å². The molecule has 2 saturated heterocycles. The molecule has 1 unspecified atom stereocenters. The molecule has 0 bridgehead atoms. The minimum Gasteiger partial charge on any atom is -0.432 e. The zero-order valence-electron chi connectivity index (χ0n) is 22.9. The predicted octanol–water partition coefficient (Wildman–Crippen LogP) is 2.98. The Labute approximate surface area is 234 Å². The molecule has 210 valence electrons. The Morgan fingerprint density at radius 2 is 1.98 bits per heavy atom. The van der Waals surface area contributed by atoms with Gasteiger partial charge in [0.1, 0.15) is 0 Å². The summed E-state index contributed by atoms with van der Waals surface area (Å²) in [6.45, 7) is 6.83. The molecule has 5 atom stereocenters. The molecule has 3 aromatic rings. The van der Waals surface area contributed by atoms with E-state index in [0.29, 0.717) is 37.3 Å². The van der Waals surface area contributed by atoms with Crippen LogP contribution in [0.4, 0.5) is 11.4 Å². The fourth-order valence-corrected chi connectivity index (χ4v) is 9.41. The van der Waals surface area contributed by atoms with E-state index in [2.05, 4.69) is 15.6 Å². The van der Waals surface area contributed by atoms with Crippen molar-refractivity contribution in [2.75, 3.05) is 23.4 Å². The normalized spacial score (nSPS) is 26.6. The quantitative estimate of drug-likeness (QED) is 0.285. The van der Waals surface area contributed by atoms with E-state index in [-0.39, 0.29) is 41.9 Å². The van der Waals surface area contributed by atoms with Crippen molar-refractivity contribution in [3.8, 4) is 0 Å². The van der Waals surface area contributed by atoms with Crippen molar-refractivity contribution >= 4 is 31.5 Å². The molecule has 10 nitrogen and oxygen atoms in total. The third-order valence-electron chi connectivity index (χ3n) is 8.82. The highest BCUT2D eigenvalue weighted by Crippen LogP contribution is 2.58. The Hall–Kier alpha value is -3.38. The van der Waals surface area contributed by atoms with Gasteiger partial charge in [-0.15, -0.1) is 5.10 Å². The van der Waals surface area contributed by atoms with Gasteiger partial charge in [0.25, 0.3) is 5.91 Å². The van der Waals surface area contributed by atoms with Crippen LogP contribution in [-0.4, -0.2) is 64.3 Å². The van der Waals surface area contributed by atoms with Crippen LogP contribution < -0.4 is 10.2 Å². The molecule has 0 saturated carbocycles. The number of aromatic nitrogens is 3. The predicted molar refractivity (Wildman–Crippen MR) is 151 cm³/mol. The van der Waals surface area contributed by atoms with E-state index in [4.69, 9.17) is 4.74 Å². The van der Waals surface area contributed by atoms with Crippen molar-refractivity contribution in [3.05, 3.63) is 71.5 Å². The van der Waals surface area contributed by atoms with Crippen molar-refractivity contribution in [1.82, 2.24) is 15.0 Å². The fraction of sp³-hybridized carbons (Fsp3) is 0.448. The van der Waals surface area contributed by atoms with Gasteiger partial charge in [-0.25, -0.2) is 0 Å². The summed E-state index contributed by atoms with van der Waals surface area (Å²) in [6.07, 6.45) is 2.50. The maximum Gasteiger partial charge on any atom is 0.261 e. The van der Waals surface area contributed by atoms with E-state index in [1.165, 1.54) is 0 Å². The molecule has 2 aromatic carbocycles. The number of nitrogens with zero attached hydrogens (tertiary/aromatic N) is 4. The molecule has 6 rings (SSSR count). The van der Waals surface area contributed by atoms with E-state index in [0.717, 1.165) is 16.8 Å². The van der Waals surface area contributed by atoms with Crippen LogP contribution in [0.25, 0.3) is 0 Å². The smallest absolute Gasteiger partial charge is 0.261 e. The van der Waals surface area contributed by atoms with Gasteiger partial charge < -0.3 is 24.9 Å². The summed E-state index contributed by atoms with van der Waals surface area (Å²) in [5, 5.41) is 21.7. The number of benzene rings is 2. The van der Waals surface area contributed by atoms with E-state index in [1.807, 2.05) is 74.7 Å². The highest BCUT2D eigenvalue weighted by molar-refractivity contribution is 6.71. The summed E-state index contributed by atoms with van der Waals surface area (Å²) < 4.78 is 8.47. The first-order chi connectivity index (χ1) is 19.1. The number of anilines is 2. The van der Waals surface area contributed by atoms with E-state index in [9.17, 15) is 19.5 Å². The lowest BCUT2D eigenvalue weighted by Crippen LogP contribution is -2.44. The minimum atomic E-state index is -2.79. The molecule has 0 radical (unpaired) electrons. The van der Waals surface area contributed by atoms with Crippen molar-refractivity contribution in [1.29, 1.82) is 0 Å². The lowest BCUT2D eigenvalue weighted by atomic mass is 9.82. The number of aryl methyl sites for hydroxylation is 1. The first kappa shape index (κ1) is 26.8. The highest BCUT2D eigenvalue weighted by atomic mass is 28.4. The molecule has 3 aliphatic heterocycles. The summed E-state index contributed by atoms with van der Waals surface area (Å²) in [6, 6.07) is 15.3. The van der Waals surface area contributed by atoms with Crippen LogP contribution >= 0.6 is 0 Å². The van der Waals surface area contributed by atoms with Crippen molar-refractivity contribution in [2.24, 2.45) is 5.92 Å². The maximum absolute atomic E-state index is 13.6. The lowest BCUT2D eigenvalue weighted by molar-refractivity contribution is -0.143. The van der Waals surface area contributed by atoms with E-state index in [1.54, 1.807) is 9.58 Å². The van der Waals surface area contributed by atoms with Crippen LogP contribution in [0.2, 0.25) is 18.6 Å². The molecule has 3 aliphatic rings. The average molecular weight is 562 g/mol. The lowest BCUT2D eigenvalue weighted by Gasteiger charge is -2.33. The molecule has 2 fully saturated rings. The molecule has 2 amide bonds. The highest BCUT2D eigenvalue weighted by Gasteiger charge is 2.64. The standard InChI is InChI=1S/C29H35N5O5Si/c1-18-27(40(2,3)38)25(11-13-33-16-24(31-32-33)21(17-35)19-7-5-4-6-8-19)39-29(18)22-15-20(34-14-12-26(34)36)9-10-23(22)30-28(29)37/h4-10,15-16,18,21,25,27,35,38H,11-14,17H2,1-3H3,(H,30,37)/t18-,21?,25+,27-,29+/m0/s1. The van der Waals surface area contributed by atoms with Gasteiger partial charge in [0.2, 0.25) is 5.91 Å². The molecular weight excluding hydrogens is 526 g/mol. The third kappa shape index (κ3) is 4.28. The van der Waals surface area contributed by atoms with E-state index < -0.39 is 13.9 Å². The topological polar surface area (TPSA) is 130 Å². The van der Waals surface area contributed by atoms with Crippen LogP contribution in [0.1, 0.15) is 42.5 Å². The second kappa shape index (κ2) is 9.91. The van der Waals surface area contributed by atoms with Crippen LogP contribution in [-0.2, 0) is 26.5 Å². The Morgan fingerprint density at radius 1 is 1.20 bits per heavy atom.